The number of hydrogen-bond acceptors (Lipinski definition) is 5. The molecule has 0 radical (unpaired) electrons. The van der Waals surface area contributed by atoms with Gasteiger partial charge in [0.15, 0.2) is 0 Å². The van der Waals surface area contributed by atoms with Crippen molar-refractivity contribution in [1.82, 2.24) is 10.4 Å². The number of nitrogens with one attached hydrogen (secondary N) is 1. The van der Waals surface area contributed by atoms with Crippen molar-refractivity contribution in [2.75, 3.05) is 44.7 Å². The molecule has 0 amide bonds. The number of anilines is 1. The molecule has 96 valence electrons. The van der Waals surface area contributed by atoms with Crippen LogP contribution in [-0.2, 0) is 0 Å². The average Bonchev–Trinajstić information content (AvgIpc) is 2.45. The van der Waals surface area contributed by atoms with Gasteiger partial charge in [0, 0.05) is 26.2 Å². The van der Waals surface area contributed by atoms with Gasteiger partial charge >= 0.3 is 0 Å². The third kappa shape index (κ3) is 2.92. The number of rotatable bonds is 4. The molecule has 18 heavy (non-hydrogen) atoms. The van der Waals surface area contributed by atoms with Crippen molar-refractivity contribution < 1.29 is 4.74 Å². The lowest BCUT2D eigenvalue weighted by Gasteiger charge is -2.36. The molecular weight excluding hydrogens is 228 g/mol. The third-order valence-corrected chi connectivity index (χ3v) is 3.09. The van der Waals surface area contributed by atoms with E-state index in [0.717, 1.165) is 37.6 Å². The van der Waals surface area contributed by atoms with Crippen LogP contribution in [-0.4, -0.2) is 44.8 Å². The molecule has 1 aromatic rings. The molecule has 0 aromatic heterocycles. The second-order valence-electron chi connectivity index (χ2n) is 4.14. The average molecular weight is 246 g/mol. The number of nitriles is 1. The van der Waals surface area contributed by atoms with E-state index >= 15 is 0 Å². The van der Waals surface area contributed by atoms with Gasteiger partial charge in [0.2, 0.25) is 0 Å². The summed E-state index contributed by atoms with van der Waals surface area (Å²) in [5.41, 5.74) is 4.23. The molecule has 1 saturated heterocycles. The summed E-state index contributed by atoms with van der Waals surface area (Å²) >= 11 is 0. The first kappa shape index (κ1) is 12.7. The van der Waals surface area contributed by atoms with E-state index in [1.807, 2.05) is 18.2 Å². The van der Waals surface area contributed by atoms with Crippen molar-refractivity contribution in [3.05, 3.63) is 24.3 Å². The van der Waals surface area contributed by atoms with Gasteiger partial charge in [-0.15, -0.1) is 0 Å². The first-order valence-electron chi connectivity index (χ1n) is 6.08. The van der Waals surface area contributed by atoms with E-state index in [4.69, 9.17) is 10.00 Å². The molecule has 2 rings (SSSR count). The standard InChI is InChI=1S/C13H18N4O/c1-18-13-5-3-2-4-12(13)16-8-10-17(11-9-16)15-7-6-14/h2-5,15H,7-11H2,1H3. The van der Waals surface area contributed by atoms with Crippen molar-refractivity contribution in [2.45, 2.75) is 0 Å². The number of ether oxygens (including phenoxy) is 1. The number of hydrogen-bond donors (Lipinski definition) is 1. The Labute approximate surface area is 108 Å². The zero-order chi connectivity index (χ0) is 12.8. The maximum Gasteiger partial charge on any atom is 0.142 e. The fourth-order valence-corrected chi connectivity index (χ4v) is 2.14. The molecule has 0 aliphatic carbocycles. The molecule has 1 aliphatic rings. The van der Waals surface area contributed by atoms with Crippen molar-refractivity contribution in [3.63, 3.8) is 0 Å². The molecule has 0 spiro atoms. The van der Waals surface area contributed by atoms with E-state index in [1.165, 1.54) is 0 Å². The minimum absolute atomic E-state index is 0.370. The van der Waals surface area contributed by atoms with Crippen LogP contribution in [0.5, 0.6) is 5.75 Å². The maximum atomic E-state index is 8.53. The van der Waals surface area contributed by atoms with Crippen LogP contribution >= 0.6 is 0 Å². The van der Waals surface area contributed by atoms with Gasteiger partial charge in [-0.2, -0.15) is 5.26 Å². The fraction of sp³-hybridized carbons (Fsp3) is 0.462. The third-order valence-electron chi connectivity index (χ3n) is 3.09. The van der Waals surface area contributed by atoms with Crippen LogP contribution < -0.4 is 15.1 Å². The van der Waals surface area contributed by atoms with Crippen molar-refractivity contribution in [1.29, 1.82) is 5.26 Å². The monoisotopic (exact) mass is 246 g/mol. The lowest BCUT2D eigenvalue weighted by atomic mass is 10.2. The van der Waals surface area contributed by atoms with Gasteiger partial charge in [0.25, 0.3) is 0 Å². The highest BCUT2D eigenvalue weighted by molar-refractivity contribution is 5.58. The van der Waals surface area contributed by atoms with Crippen LogP contribution in [0.1, 0.15) is 0 Å². The second kappa shape index (κ2) is 6.24. The van der Waals surface area contributed by atoms with Gasteiger partial charge in [-0.1, -0.05) is 12.1 Å². The fourth-order valence-electron chi connectivity index (χ4n) is 2.14. The molecule has 1 aliphatic heterocycles. The summed E-state index contributed by atoms with van der Waals surface area (Å²) in [6, 6.07) is 10.2. The quantitative estimate of drug-likeness (QED) is 0.798. The summed E-state index contributed by atoms with van der Waals surface area (Å²) in [5, 5.41) is 10.6. The number of piperazine rings is 1. The van der Waals surface area contributed by atoms with E-state index in [9.17, 15) is 0 Å². The highest BCUT2D eigenvalue weighted by Crippen LogP contribution is 2.27. The Hall–Kier alpha value is -1.77. The van der Waals surface area contributed by atoms with E-state index in [0.29, 0.717) is 6.54 Å². The minimum Gasteiger partial charge on any atom is -0.495 e. The van der Waals surface area contributed by atoms with Crippen molar-refractivity contribution in [2.24, 2.45) is 0 Å². The number of hydrazine groups is 1. The Kier molecular flexibility index (Phi) is 4.40. The highest BCUT2D eigenvalue weighted by Gasteiger charge is 2.18. The number of methoxy groups -OCH3 is 1. The molecule has 1 aromatic carbocycles. The largest absolute Gasteiger partial charge is 0.495 e. The van der Waals surface area contributed by atoms with Crippen LogP contribution in [0.2, 0.25) is 0 Å². The predicted octanol–water partition coefficient (Wildman–Crippen LogP) is 0.845. The molecule has 0 atom stereocenters. The zero-order valence-electron chi connectivity index (χ0n) is 10.6. The Balaban J connectivity index is 1.95. The van der Waals surface area contributed by atoms with Gasteiger partial charge in [-0.3, -0.25) is 0 Å². The predicted molar refractivity (Wildman–Crippen MR) is 70.4 cm³/mol. The summed E-state index contributed by atoms with van der Waals surface area (Å²) in [4.78, 5) is 2.31. The van der Waals surface area contributed by atoms with Gasteiger partial charge in [-0.05, 0) is 12.1 Å². The first-order valence-corrected chi connectivity index (χ1v) is 6.08. The Bertz CT molecular complexity index is 421. The second-order valence-corrected chi connectivity index (χ2v) is 4.14. The Morgan fingerprint density at radius 1 is 1.28 bits per heavy atom. The highest BCUT2D eigenvalue weighted by atomic mass is 16.5. The molecule has 1 N–H and O–H groups in total. The van der Waals surface area contributed by atoms with Crippen LogP contribution in [0.4, 0.5) is 5.69 Å². The van der Waals surface area contributed by atoms with E-state index in [2.05, 4.69) is 27.5 Å². The number of para-hydroxylation sites is 2. The molecule has 1 fully saturated rings. The van der Waals surface area contributed by atoms with Crippen LogP contribution in [0.25, 0.3) is 0 Å². The van der Waals surface area contributed by atoms with Gasteiger partial charge in [0.1, 0.15) is 5.75 Å². The van der Waals surface area contributed by atoms with E-state index < -0.39 is 0 Å². The van der Waals surface area contributed by atoms with Gasteiger partial charge < -0.3 is 9.64 Å². The maximum absolute atomic E-state index is 8.53. The van der Waals surface area contributed by atoms with Crippen LogP contribution in [0, 0.1) is 11.3 Å². The topological polar surface area (TPSA) is 51.5 Å². The summed E-state index contributed by atoms with van der Waals surface area (Å²) < 4.78 is 5.38. The Morgan fingerprint density at radius 3 is 2.67 bits per heavy atom. The molecule has 0 saturated carbocycles. The molecule has 5 heteroatoms. The lowest BCUT2D eigenvalue weighted by molar-refractivity contribution is 0.186. The lowest BCUT2D eigenvalue weighted by Crippen LogP contribution is -2.52. The number of nitrogens with zero attached hydrogens (tertiary/aromatic N) is 3. The van der Waals surface area contributed by atoms with E-state index in [1.54, 1.807) is 7.11 Å². The summed E-state index contributed by atoms with van der Waals surface area (Å²) in [5.74, 6) is 0.913. The normalized spacial score (nSPS) is 16.3. The molecule has 0 bridgehead atoms. The SMILES string of the molecule is COc1ccccc1N1CCN(NCC#N)CC1. The summed E-state index contributed by atoms with van der Waals surface area (Å²) in [7, 11) is 1.70. The Morgan fingerprint density at radius 2 is 2.00 bits per heavy atom. The van der Waals surface area contributed by atoms with Crippen molar-refractivity contribution >= 4 is 5.69 Å². The minimum atomic E-state index is 0.370. The van der Waals surface area contributed by atoms with Crippen LogP contribution in [0.3, 0.4) is 0 Å². The smallest absolute Gasteiger partial charge is 0.142 e. The van der Waals surface area contributed by atoms with Crippen molar-refractivity contribution in [3.8, 4) is 11.8 Å². The van der Waals surface area contributed by atoms with Gasteiger partial charge in [-0.25, -0.2) is 10.4 Å². The zero-order valence-corrected chi connectivity index (χ0v) is 10.6. The first-order chi connectivity index (χ1) is 8.85. The molecule has 0 unspecified atom stereocenters. The van der Waals surface area contributed by atoms with Gasteiger partial charge in [0.05, 0.1) is 25.4 Å². The molecule has 5 nitrogen and oxygen atoms in total. The summed E-state index contributed by atoms with van der Waals surface area (Å²) in [6.45, 7) is 4.03. The molecule has 1 heterocycles. The number of benzene rings is 1. The van der Waals surface area contributed by atoms with E-state index in [-0.39, 0.29) is 0 Å². The van der Waals surface area contributed by atoms with Crippen LogP contribution in [0.15, 0.2) is 24.3 Å². The molecular formula is C13H18N4O. The summed E-state index contributed by atoms with van der Waals surface area (Å²) in [6.07, 6.45) is 0.